The summed E-state index contributed by atoms with van der Waals surface area (Å²) in [5, 5.41) is 4.83. The number of fused-ring (bicyclic) bond motifs is 1. The molecule has 0 aliphatic carbocycles. The molecule has 0 saturated carbocycles. The lowest BCUT2D eigenvalue weighted by Gasteiger charge is -2.32. The summed E-state index contributed by atoms with van der Waals surface area (Å²) < 4.78 is 12.1. The molecule has 0 bridgehead atoms. The summed E-state index contributed by atoms with van der Waals surface area (Å²) >= 11 is 0. The highest BCUT2D eigenvalue weighted by Gasteiger charge is 2.20. The van der Waals surface area contributed by atoms with Crippen LogP contribution in [0.1, 0.15) is 52.0 Å². The van der Waals surface area contributed by atoms with E-state index in [1.807, 2.05) is 13.0 Å². The number of nitrogens with zero attached hydrogens (tertiary/aromatic N) is 2. The van der Waals surface area contributed by atoms with E-state index in [2.05, 4.69) is 72.6 Å². The van der Waals surface area contributed by atoms with Gasteiger partial charge in [0.15, 0.2) is 11.5 Å². The summed E-state index contributed by atoms with van der Waals surface area (Å²) in [5.74, 6) is 2.70. The van der Waals surface area contributed by atoms with Crippen molar-refractivity contribution < 1.29 is 9.47 Å². The molecular formula is C28H37N3O2. The molecule has 5 nitrogen and oxygen atoms in total. The first-order chi connectivity index (χ1) is 16.2. The van der Waals surface area contributed by atoms with Crippen molar-refractivity contribution >= 4 is 16.7 Å². The smallest absolute Gasteiger partial charge is 0.161 e. The summed E-state index contributed by atoms with van der Waals surface area (Å²) in [6.07, 6.45) is 4.47. The van der Waals surface area contributed by atoms with E-state index in [4.69, 9.17) is 14.5 Å². The van der Waals surface area contributed by atoms with Crippen molar-refractivity contribution in [3.8, 4) is 11.5 Å². The number of anilines is 1. The minimum atomic E-state index is 0.235. The Morgan fingerprint density at radius 1 is 0.970 bits per heavy atom. The first-order valence-corrected chi connectivity index (χ1v) is 12.5. The fourth-order valence-corrected chi connectivity index (χ4v) is 4.50. The second kappa shape index (κ2) is 11.4. The quantitative estimate of drug-likeness (QED) is 0.396. The minimum Gasteiger partial charge on any atom is -0.490 e. The van der Waals surface area contributed by atoms with Crippen molar-refractivity contribution in [2.24, 2.45) is 0 Å². The van der Waals surface area contributed by atoms with Gasteiger partial charge in [0.25, 0.3) is 0 Å². The molecule has 1 saturated heterocycles. The Morgan fingerprint density at radius 3 is 2.52 bits per heavy atom. The zero-order valence-corrected chi connectivity index (χ0v) is 20.2. The predicted octanol–water partition coefficient (Wildman–Crippen LogP) is 6.28. The Bertz CT molecular complexity index is 1030. The molecule has 5 heteroatoms. The van der Waals surface area contributed by atoms with Gasteiger partial charge < -0.3 is 14.8 Å². The van der Waals surface area contributed by atoms with Crippen LogP contribution in [-0.2, 0) is 6.54 Å². The van der Waals surface area contributed by atoms with Crippen LogP contribution in [0.3, 0.4) is 0 Å². The summed E-state index contributed by atoms with van der Waals surface area (Å²) in [5.41, 5.74) is 2.32. The largest absolute Gasteiger partial charge is 0.490 e. The fraction of sp³-hybridized carbons (Fsp3) is 0.464. The van der Waals surface area contributed by atoms with Crippen LogP contribution in [0.25, 0.3) is 10.9 Å². The van der Waals surface area contributed by atoms with E-state index in [-0.39, 0.29) is 6.10 Å². The highest BCUT2D eigenvalue weighted by molar-refractivity contribution is 5.80. The molecule has 1 aliphatic rings. The summed E-state index contributed by atoms with van der Waals surface area (Å²) in [7, 11) is 0. The summed E-state index contributed by atoms with van der Waals surface area (Å²) in [6.45, 7) is 10.1. The lowest BCUT2D eigenvalue weighted by Crippen LogP contribution is -2.38. The molecule has 0 unspecified atom stereocenters. The lowest BCUT2D eigenvalue weighted by atomic mass is 10.0. The van der Waals surface area contributed by atoms with Crippen LogP contribution in [0.5, 0.6) is 11.5 Å². The SMILES string of the molecule is CCOc1cc(CN2CCC(Nc3ccc4ccccc4n3)CC2)ccc1OC(CC)CC. The normalized spacial score (nSPS) is 15.2. The van der Waals surface area contributed by atoms with Crippen LogP contribution in [-0.4, -0.2) is 41.7 Å². The number of piperidine rings is 1. The van der Waals surface area contributed by atoms with Crippen LogP contribution >= 0.6 is 0 Å². The van der Waals surface area contributed by atoms with Crippen LogP contribution in [0.2, 0.25) is 0 Å². The van der Waals surface area contributed by atoms with Crippen LogP contribution < -0.4 is 14.8 Å². The zero-order valence-electron chi connectivity index (χ0n) is 20.2. The highest BCUT2D eigenvalue weighted by Crippen LogP contribution is 2.31. The molecule has 1 N–H and O–H groups in total. The van der Waals surface area contributed by atoms with Gasteiger partial charge in [-0.1, -0.05) is 38.1 Å². The average Bonchev–Trinajstić information content (AvgIpc) is 2.85. The van der Waals surface area contributed by atoms with Crippen molar-refractivity contribution in [3.05, 3.63) is 60.2 Å². The lowest BCUT2D eigenvalue weighted by molar-refractivity contribution is 0.181. The van der Waals surface area contributed by atoms with Crippen molar-refractivity contribution in [1.29, 1.82) is 0 Å². The van der Waals surface area contributed by atoms with Crippen LogP contribution in [0.4, 0.5) is 5.82 Å². The number of likely N-dealkylation sites (tertiary alicyclic amines) is 1. The van der Waals surface area contributed by atoms with Gasteiger partial charge in [-0.2, -0.15) is 0 Å². The van der Waals surface area contributed by atoms with E-state index in [0.717, 1.165) is 68.2 Å². The first kappa shape index (κ1) is 23.4. The second-order valence-corrected chi connectivity index (χ2v) is 8.85. The maximum atomic E-state index is 6.19. The number of ether oxygens (including phenoxy) is 2. The number of para-hydroxylation sites is 1. The van der Waals surface area contributed by atoms with E-state index >= 15 is 0 Å². The van der Waals surface area contributed by atoms with Gasteiger partial charge in [-0.3, -0.25) is 4.90 Å². The van der Waals surface area contributed by atoms with Gasteiger partial charge in [-0.15, -0.1) is 0 Å². The van der Waals surface area contributed by atoms with Crippen LogP contribution in [0, 0.1) is 0 Å². The van der Waals surface area contributed by atoms with Gasteiger partial charge >= 0.3 is 0 Å². The Kier molecular flexibility index (Phi) is 8.05. The maximum absolute atomic E-state index is 6.19. The van der Waals surface area contributed by atoms with Crippen molar-refractivity contribution in [2.75, 3.05) is 25.0 Å². The molecule has 3 aromatic rings. The van der Waals surface area contributed by atoms with Crippen molar-refractivity contribution in [2.45, 2.75) is 65.1 Å². The Morgan fingerprint density at radius 2 is 1.76 bits per heavy atom. The van der Waals surface area contributed by atoms with Gasteiger partial charge in [0.05, 0.1) is 18.2 Å². The molecule has 1 aromatic heterocycles. The number of hydrogen-bond donors (Lipinski definition) is 1. The number of pyridine rings is 1. The molecule has 0 spiro atoms. The molecule has 176 valence electrons. The molecule has 4 rings (SSSR count). The number of hydrogen-bond acceptors (Lipinski definition) is 5. The maximum Gasteiger partial charge on any atom is 0.161 e. The first-order valence-electron chi connectivity index (χ1n) is 12.5. The molecule has 0 amide bonds. The number of nitrogens with one attached hydrogen (secondary N) is 1. The van der Waals surface area contributed by atoms with Gasteiger partial charge in [-0.05, 0) is 68.5 Å². The molecule has 0 atom stereocenters. The van der Waals surface area contributed by atoms with Gasteiger partial charge in [-0.25, -0.2) is 4.98 Å². The fourth-order valence-electron chi connectivity index (χ4n) is 4.50. The highest BCUT2D eigenvalue weighted by atomic mass is 16.5. The third-order valence-electron chi connectivity index (χ3n) is 6.46. The number of benzene rings is 2. The van der Waals surface area contributed by atoms with Crippen molar-refractivity contribution in [3.63, 3.8) is 0 Å². The molecule has 1 aliphatic heterocycles. The standard InChI is InChI=1S/C28H37N3O2/c1-4-24(5-2)33-26-13-11-21(19-27(26)32-6-3)20-31-17-15-23(16-18-31)29-28-14-12-22-9-7-8-10-25(22)30-28/h7-14,19,23-24H,4-6,15-18,20H2,1-3H3,(H,29,30). The van der Waals surface area contributed by atoms with E-state index in [1.165, 1.54) is 10.9 Å². The molecule has 0 radical (unpaired) electrons. The third-order valence-corrected chi connectivity index (χ3v) is 6.46. The Balaban J connectivity index is 1.32. The molecule has 2 heterocycles. The Labute approximate surface area is 198 Å². The van der Waals surface area contributed by atoms with Crippen LogP contribution in [0.15, 0.2) is 54.6 Å². The van der Waals surface area contributed by atoms with E-state index in [0.29, 0.717) is 12.6 Å². The zero-order chi connectivity index (χ0) is 23.0. The second-order valence-electron chi connectivity index (χ2n) is 8.85. The van der Waals surface area contributed by atoms with Gasteiger partial charge in [0.1, 0.15) is 5.82 Å². The molecule has 1 fully saturated rings. The van der Waals surface area contributed by atoms with E-state index < -0.39 is 0 Å². The van der Waals surface area contributed by atoms with E-state index in [9.17, 15) is 0 Å². The van der Waals surface area contributed by atoms with E-state index in [1.54, 1.807) is 0 Å². The number of aromatic nitrogens is 1. The summed E-state index contributed by atoms with van der Waals surface area (Å²) in [6, 6.07) is 19.4. The topological polar surface area (TPSA) is 46.6 Å². The van der Waals surface area contributed by atoms with Gasteiger partial charge in [0.2, 0.25) is 0 Å². The third kappa shape index (κ3) is 6.17. The average molecular weight is 448 g/mol. The molecular weight excluding hydrogens is 410 g/mol. The number of rotatable bonds is 10. The summed E-state index contributed by atoms with van der Waals surface area (Å²) in [4.78, 5) is 7.30. The monoisotopic (exact) mass is 447 g/mol. The van der Waals surface area contributed by atoms with Crippen molar-refractivity contribution in [1.82, 2.24) is 9.88 Å². The minimum absolute atomic E-state index is 0.235. The molecule has 33 heavy (non-hydrogen) atoms. The van der Waals surface area contributed by atoms with Gasteiger partial charge in [0, 0.05) is 31.1 Å². The molecule has 2 aromatic carbocycles. The predicted molar refractivity (Wildman–Crippen MR) is 136 cm³/mol. The Hall–Kier alpha value is -2.79.